The zero-order valence-electron chi connectivity index (χ0n) is 15.6. The van der Waals surface area contributed by atoms with E-state index in [1.165, 1.54) is 17.0 Å². The van der Waals surface area contributed by atoms with E-state index in [2.05, 4.69) is 9.71 Å². The van der Waals surface area contributed by atoms with E-state index in [0.717, 1.165) is 18.2 Å². The summed E-state index contributed by atoms with van der Waals surface area (Å²) in [7, 11) is -4.01. The van der Waals surface area contributed by atoms with Crippen LogP contribution in [0, 0.1) is 17.5 Å². The molecule has 0 saturated carbocycles. The number of rotatable bonds is 3. The predicted molar refractivity (Wildman–Crippen MR) is 103 cm³/mol. The van der Waals surface area contributed by atoms with Crippen molar-refractivity contribution in [3.8, 4) is 0 Å². The Kier molecular flexibility index (Phi) is 5.24. The average Bonchev–Trinajstić information content (AvgIpc) is 2.69. The van der Waals surface area contributed by atoms with Gasteiger partial charge in [-0.25, -0.2) is 13.2 Å². The fourth-order valence-corrected chi connectivity index (χ4v) is 4.57. The van der Waals surface area contributed by atoms with Crippen molar-refractivity contribution in [2.24, 2.45) is 4.40 Å². The molecule has 0 atom stereocenters. The number of benzene rings is 2. The van der Waals surface area contributed by atoms with Crippen molar-refractivity contribution in [1.82, 2.24) is 9.80 Å². The highest BCUT2D eigenvalue weighted by atomic mass is 32.2. The molecule has 2 aliphatic rings. The Morgan fingerprint density at radius 1 is 1.03 bits per heavy atom. The van der Waals surface area contributed by atoms with E-state index in [-0.39, 0.29) is 41.6 Å². The van der Waals surface area contributed by atoms with Gasteiger partial charge in [0.25, 0.3) is 15.9 Å². The smallest absolute Gasteiger partial charge is 0.286 e. The van der Waals surface area contributed by atoms with Gasteiger partial charge in [0, 0.05) is 32.2 Å². The van der Waals surface area contributed by atoms with Crippen molar-refractivity contribution >= 4 is 27.5 Å². The summed E-state index contributed by atoms with van der Waals surface area (Å²) in [4.78, 5) is 15.5. The van der Waals surface area contributed by atoms with Crippen LogP contribution in [0.4, 0.5) is 18.9 Å². The summed E-state index contributed by atoms with van der Waals surface area (Å²) in [5, 5.41) is 2.73. The van der Waals surface area contributed by atoms with Crippen LogP contribution in [-0.2, 0) is 10.0 Å². The molecule has 2 heterocycles. The molecule has 0 aliphatic carbocycles. The van der Waals surface area contributed by atoms with Crippen molar-refractivity contribution in [2.45, 2.75) is 4.90 Å². The van der Waals surface area contributed by atoms with Gasteiger partial charge < -0.3 is 10.2 Å². The van der Waals surface area contributed by atoms with Crippen molar-refractivity contribution in [1.29, 1.82) is 0 Å². The highest BCUT2D eigenvalue weighted by molar-refractivity contribution is 7.90. The van der Waals surface area contributed by atoms with Crippen molar-refractivity contribution in [3.63, 3.8) is 0 Å². The van der Waals surface area contributed by atoms with Gasteiger partial charge >= 0.3 is 0 Å². The molecule has 1 N–H and O–H groups in total. The summed E-state index contributed by atoms with van der Waals surface area (Å²) in [6.45, 7) is 1.39. The molecule has 2 aromatic carbocycles. The number of carbonyl (C=O) groups excluding carboxylic acids is 1. The first-order valence-electron chi connectivity index (χ1n) is 9.11. The van der Waals surface area contributed by atoms with Gasteiger partial charge in [0.2, 0.25) is 0 Å². The van der Waals surface area contributed by atoms with Crippen LogP contribution in [0.2, 0.25) is 0 Å². The van der Waals surface area contributed by atoms with Crippen LogP contribution in [0.15, 0.2) is 45.7 Å². The lowest BCUT2D eigenvalue weighted by Crippen LogP contribution is -2.50. The minimum atomic E-state index is -4.01. The number of amides is 1. The van der Waals surface area contributed by atoms with Crippen LogP contribution < -0.4 is 5.32 Å². The van der Waals surface area contributed by atoms with Crippen LogP contribution in [-0.4, -0.2) is 62.7 Å². The van der Waals surface area contributed by atoms with Crippen LogP contribution in [0.3, 0.4) is 0 Å². The lowest BCUT2D eigenvalue weighted by atomic mass is 10.1. The molecule has 4 rings (SSSR count). The average molecular weight is 438 g/mol. The van der Waals surface area contributed by atoms with E-state index < -0.39 is 33.4 Å². The maximum absolute atomic E-state index is 14.0. The molecule has 0 aromatic heterocycles. The van der Waals surface area contributed by atoms with Gasteiger partial charge in [0.15, 0.2) is 0 Å². The number of halogens is 3. The minimum absolute atomic E-state index is 0.0805. The third-order valence-corrected chi connectivity index (χ3v) is 6.30. The number of nitrogens with zero attached hydrogens (tertiary/aromatic N) is 3. The maximum Gasteiger partial charge on any atom is 0.286 e. The summed E-state index contributed by atoms with van der Waals surface area (Å²) in [5.41, 5.74) is -0.343. The molecule has 2 aliphatic heterocycles. The van der Waals surface area contributed by atoms with E-state index in [1.54, 1.807) is 0 Å². The van der Waals surface area contributed by atoms with Gasteiger partial charge in [0.1, 0.15) is 28.2 Å². The third kappa shape index (κ3) is 3.90. The fourth-order valence-electron chi connectivity index (χ4n) is 3.42. The Morgan fingerprint density at radius 3 is 2.47 bits per heavy atom. The van der Waals surface area contributed by atoms with Gasteiger partial charge in [0.05, 0.1) is 17.8 Å². The van der Waals surface area contributed by atoms with E-state index >= 15 is 0 Å². The molecule has 1 saturated heterocycles. The molecule has 11 heteroatoms. The molecule has 0 bridgehead atoms. The fraction of sp³-hybridized carbons (Fsp3) is 0.263. The maximum atomic E-state index is 14.0. The quantitative estimate of drug-likeness (QED) is 0.794. The number of amidine groups is 1. The van der Waals surface area contributed by atoms with Crippen molar-refractivity contribution < 1.29 is 26.4 Å². The Bertz CT molecular complexity index is 1150. The van der Waals surface area contributed by atoms with E-state index in [0.29, 0.717) is 19.2 Å². The molecule has 0 radical (unpaired) electrons. The molecule has 7 nitrogen and oxygen atoms in total. The summed E-state index contributed by atoms with van der Waals surface area (Å²) in [5.74, 6) is -2.84. The van der Waals surface area contributed by atoms with Crippen molar-refractivity contribution in [3.05, 3.63) is 59.4 Å². The standard InChI is InChI=1S/C19H17F3N4O3S/c20-12-4-5-13(15(22)10-12)19(27)26-8-6-25(7-9-26)11-17-23-18-14(21)2-1-3-16(18)30(28,29)24-17/h1-5,10H,6-9,11H2,(H,23,24). The molecular weight excluding hydrogens is 421 g/mol. The second-order valence-corrected chi connectivity index (χ2v) is 8.52. The zero-order chi connectivity index (χ0) is 21.5. The number of sulfonamides is 1. The van der Waals surface area contributed by atoms with Gasteiger partial charge in [-0.3, -0.25) is 9.69 Å². The number of fused-ring (bicyclic) bond motifs is 1. The van der Waals surface area contributed by atoms with Gasteiger partial charge in [-0.05, 0) is 24.3 Å². The first kappa shape index (κ1) is 20.4. The number of piperazine rings is 1. The highest BCUT2D eigenvalue weighted by Gasteiger charge is 2.29. The third-order valence-electron chi connectivity index (χ3n) is 4.95. The van der Waals surface area contributed by atoms with Crippen molar-refractivity contribution in [2.75, 3.05) is 38.0 Å². The zero-order valence-corrected chi connectivity index (χ0v) is 16.4. The Morgan fingerprint density at radius 2 is 1.77 bits per heavy atom. The SMILES string of the molecule is O=C(c1ccc(F)cc1F)N1CCN(CC2=NS(=O)(=O)c3cccc(F)c3N2)CC1. The summed E-state index contributed by atoms with van der Waals surface area (Å²) < 4.78 is 69.3. The number of anilines is 1. The Labute approximate surface area is 170 Å². The molecule has 158 valence electrons. The van der Waals surface area contributed by atoms with Gasteiger partial charge in [-0.15, -0.1) is 4.40 Å². The molecule has 1 fully saturated rings. The molecule has 0 unspecified atom stereocenters. The topological polar surface area (TPSA) is 82.1 Å². The van der Waals surface area contributed by atoms with E-state index in [4.69, 9.17) is 0 Å². The monoisotopic (exact) mass is 438 g/mol. The number of hydrogen-bond acceptors (Lipinski definition) is 5. The summed E-state index contributed by atoms with van der Waals surface area (Å²) in [6.07, 6.45) is 0. The Balaban J connectivity index is 1.41. The molecular formula is C19H17F3N4O3S. The second kappa shape index (κ2) is 7.73. The molecule has 2 aromatic rings. The number of carbonyl (C=O) groups is 1. The largest absolute Gasteiger partial charge is 0.338 e. The lowest BCUT2D eigenvalue weighted by Gasteiger charge is -2.35. The highest BCUT2D eigenvalue weighted by Crippen LogP contribution is 2.29. The summed E-state index contributed by atoms with van der Waals surface area (Å²) >= 11 is 0. The number of para-hydroxylation sites is 1. The minimum Gasteiger partial charge on any atom is -0.338 e. The number of hydrogen-bond donors (Lipinski definition) is 1. The van der Waals surface area contributed by atoms with Crippen LogP contribution in [0.5, 0.6) is 0 Å². The lowest BCUT2D eigenvalue weighted by molar-refractivity contribution is 0.0649. The first-order chi connectivity index (χ1) is 14.2. The normalized spacial score (nSPS) is 18.4. The first-order valence-corrected chi connectivity index (χ1v) is 10.5. The van der Waals surface area contributed by atoms with E-state index in [9.17, 15) is 26.4 Å². The van der Waals surface area contributed by atoms with Gasteiger partial charge in [-0.2, -0.15) is 8.42 Å². The predicted octanol–water partition coefficient (Wildman–Crippen LogP) is 2.07. The van der Waals surface area contributed by atoms with E-state index in [1.807, 2.05) is 4.90 Å². The van der Waals surface area contributed by atoms with Gasteiger partial charge in [-0.1, -0.05) is 6.07 Å². The van der Waals surface area contributed by atoms with Crippen LogP contribution in [0.25, 0.3) is 0 Å². The van der Waals surface area contributed by atoms with Crippen LogP contribution >= 0.6 is 0 Å². The molecule has 0 spiro atoms. The number of nitrogens with one attached hydrogen (secondary N) is 1. The molecule has 1 amide bonds. The molecule has 30 heavy (non-hydrogen) atoms. The van der Waals surface area contributed by atoms with Crippen LogP contribution in [0.1, 0.15) is 10.4 Å². The second-order valence-electron chi connectivity index (χ2n) is 6.94. The summed E-state index contributed by atoms with van der Waals surface area (Å²) in [6, 6.07) is 6.53. The Hall–Kier alpha value is -2.92.